The van der Waals surface area contributed by atoms with Gasteiger partial charge in [-0.1, -0.05) is 29.8 Å². The van der Waals surface area contributed by atoms with E-state index < -0.39 is 0 Å². The molecule has 7 heteroatoms. The number of aryl methyl sites for hydroxylation is 2. The standard InChI is InChI=1S/C25H28ClN3O3/c1-18-15-23(30)24(25(31)28(2)13-11-21-9-4-5-12-27-21)22(17-32-3)29(18)14-10-19-7-6-8-20(26)16-19/h4-9,12,15-16H,10-11,13-14,17H2,1-3H3. The highest BCUT2D eigenvalue weighted by atomic mass is 35.5. The Balaban J connectivity index is 1.87. The van der Waals surface area contributed by atoms with Crippen LogP contribution in [0.4, 0.5) is 0 Å². The van der Waals surface area contributed by atoms with Crippen LogP contribution in [0.3, 0.4) is 0 Å². The average molecular weight is 454 g/mol. The van der Waals surface area contributed by atoms with Crippen LogP contribution in [0.1, 0.15) is 33.0 Å². The van der Waals surface area contributed by atoms with Crippen LogP contribution in [0.15, 0.2) is 59.5 Å². The summed E-state index contributed by atoms with van der Waals surface area (Å²) < 4.78 is 7.38. The van der Waals surface area contributed by atoms with Crippen LogP contribution < -0.4 is 5.43 Å². The Labute approximate surface area is 193 Å². The molecule has 0 fully saturated rings. The molecule has 2 heterocycles. The van der Waals surface area contributed by atoms with Crippen molar-refractivity contribution in [1.29, 1.82) is 0 Å². The van der Waals surface area contributed by atoms with Crippen LogP contribution in [0.5, 0.6) is 0 Å². The number of nitrogens with zero attached hydrogens (tertiary/aromatic N) is 3. The minimum absolute atomic E-state index is 0.159. The topological polar surface area (TPSA) is 64.4 Å². The molecule has 0 aliphatic carbocycles. The lowest BCUT2D eigenvalue weighted by Gasteiger charge is -2.23. The molecule has 0 aliphatic rings. The number of ether oxygens (including phenoxy) is 1. The summed E-state index contributed by atoms with van der Waals surface area (Å²) in [6.45, 7) is 3.10. The number of halogens is 1. The molecule has 2 aromatic heterocycles. The summed E-state index contributed by atoms with van der Waals surface area (Å²) >= 11 is 6.11. The Hall–Kier alpha value is -2.96. The molecule has 0 unspecified atom stereocenters. The van der Waals surface area contributed by atoms with Crippen molar-refractivity contribution < 1.29 is 9.53 Å². The summed E-state index contributed by atoms with van der Waals surface area (Å²) in [6, 6.07) is 14.9. The van der Waals surface area contributed by atoms with E-state index in [4.69, 9.17) is 16.3 Å². The summed E-state index contributed by atoms with van der Waals surface area (Å²) in [4.78, 5) is 32.0. The number of carbonyl (C=O) groups is 1. The molecule has 0 radical (unpaired) electrons. The van der Waals surface area contributed by atoms with E-state index in [-0.39, 0.29) is 23.5 Å². The fourth-order valence-corrected chi connectivity index (χ4v) is 3.92. The summed E-state index contributed by atoms with van der Waals surface area (Å²) in [5.74, 6) is -0.311. The first kappa shape index (κ1) is 23.7. The molecule has 0 bridgehead atoms. The molecule has 1 aromatic carbocycles. The quantitative estimate of drug-likeness (QED) is 0.492. The zero-order valence-corrected chi connectivity index (χ0v) is 19.4. The number of rotatable bonds is 9. The van der Waals surface area contributed by atoms with Gasteiger partial charge in [-0.25, -0.2) is 0 Å². The third kappa shape index (κ3) is 5.84. The van der Waals surface area contributed by atoms with Crippen LogP contribution in [0.2, 0.25) is 5.02 Å². The lowest BCUT2D eigenvalue weighted by atomic mass is 10.1. The van der Waals surface area contributed by atoms with E-state index in [0.717, 1.165) is 17.0 Å². The van der Waals surface area contributed by atoms with E-state index in [2.05, 4.69) is 4.98 Å². The van der Waals surface area contributed by atoms with Gasteiger partial charge in [-0.2, -0.15) is 0 Å². The van der Waals surface area contributed by atoms with E-state index in [9.17, 15) is 9.59 Å². The van der Waals surface area contributed by atoms with Gasteiger partial charge in [0.15, 0.2) is 5.43 Å². The van der Waals surface area contributed by atoms with Gasteiger partial charge in [-0.15, -0.1) is 0 Å². The minimum atomic E-state index is -0.311. The fourth-order valence-electron chi connectivity index (χ4n) is 3.71. The van der Waals surface area contributed by atoms with Gasteiger partial charge in [0.1, 0.15) is 5.56 Å². The molecule has 0 spiro atoms. The van der Waals surface area contributed by atoms with Crippen LogP contribution in [0.25, 0.3) is 0 Å². The highest BCUT2D eigenvalue weighted by Crippen LogP contribution is 2.16. The maximum Gasteiger partial charge on any atom is 0.259 e. The Morgan fingerprint density at radius 1 is 1.16 bits per heavy atom. The molecule has 0 N–H and O–H groups in total. The molecule has 32 heavy (non-hydrogen) atoms. The second kappa shape index (κ2) is 11.1. The first-order valence-corrected chi connectivity index (χ1v) is 10.9. The first-order chi connectivity index (χ1) is 15.4. The third-order valence-corrected chi connectivity index (χ3v) is 5.65. The molecular formula is C25H28ClN3O3. The zero-order chi connectivity index (χ0) is 23.1. The number of pyridine rings is 2. The van der Waals surface area contributed by atoms with Crippen LogP contribution >= 0.6 is 11.6 Å². The fraction of sp³-hybridized carbons (Fsp3) is 0.320. The van der Waals surface area contributed by atoms with Gasteiger partial charge < -0.3 is 14.2 Å². The summed E-state index contributed by atoms with van der Waals surface area (Å²) in [5.41, 5.74) is 3.23. The lowest BCUT2D eigenvalue weighted by molar-refractivity contribution is 0.0787. The molecular weight excluding hydrogens is 426 g/mol. The lowest BCUT2D eigenvalue weighted by Crippen LogP contribution is -2.35. The molecule has 3 aromatic rings. The van der Waals surface area contributed by atoms with Gasteiger partial charge >= 0.3 is 0 Å². The SMILES string of the molecule is COCc1c(C(=O)N(C)CCc2ccccn2)c(=O)cc(C)n1CCc1cccc(Cl)c1. The van der Waals surface area contributed by atoms with E-state index in [1.807, 2.05) is 54.0 Å². The van der Waals surface area contributed by atoms with Gasteiger partial charge in [-0.3, -0.25) is 14.6 Å². The maximum atomic E-state index is 13.3. The summed E-state index contributed by atoms with van der Waals surface area (Å²) in [7, 11) is 3.27. The van der Waals surface area contributed by atoms with Gasteiger partial charge in [-0.05, 0) is 43.2 Å². The van der Waals surface area contributed by atoms with Crippen LogP contribution in [0, 0.1) is 6.92 Å². The molecule has 0 aliphatic heterocycles. The van der Waals surface area contributed by atoms with Crippen molar-refractivity contribution in [3.63, 3.8) is 0 Å². The Morgan fingerprint density at radius 2 is 1.97 bits per heavy atom. The van der Waals surface area contributed by atoms with Crippen molar-refractivity contribution >= 4 is 17.5 Å². The number of methoxy groups -OCH3 is 1. The molecule has 6 nitrogen and oxygen atoms in total. The van der Waals surface area contributed by atoms with Gasteiger partial charge in [0.05, 0.1) is 12.3 Å². The largest absolute Gasteiger partial charge is 0.378 e. The predicted molar refractivity (Wildman–Crippen MR) is 126 cm³/mol. The van der Waals surface area contributed by atoms with Crippen LogP contribution in [-0.4, -0.2) is 41.1 Å². The average Bonchev–Trinajstić information content (AvgIpc) is 2.77. The Kier molecular flexibility index (Phi) is 8.20. The minimum Gasteiger partial charge on any atom is -0.378 e. The van der Waals surface area contributed by atoms with Gasteiger partial charge in [0.25, 0.3) is 5.91 Å². The van der Waals surface area contributed by atoms with E-state index >= 15 is 0 Å². The Bertz CT molecular complexity index is 1130. The molecule has 168 valence electrons. The maximum absolute atomic E-state index is 13.3. The van der Waals surface area contributed by atoms with Crippen LogP contribution in [-0.2, 0) is 30.7 Å². The number of carbonyl (C=O) groups excluding carboxylic acids is 1. The predicted octanol–water partition coefficient (Wildman–Crippen LogP) is 3.91. The molecule has 0 saturated carbocycles. The smallest absolute Gasteiger partial charge is 0.259 e. The zero-order valence-electron chi connectivity index (χ0n) is 18.7. The molecule has 1 amide bonds. The van der Waals surface area contributed by atoms with Crippen molar-refractivity contribution in [2.45, 2.75) is 32.9 Å². The number of likely N-dealkylation sites (N-methyl/N-ethyl adjacent to an activating group) is 1. The number of benzene rings is 1. The first-order valence-electron chi connectivity index (χ1n) is 10.5. The normalized spacial score (nSPS) is 10.9. The van der Waals surface area contributed by atoms with Crippen molar-refractivity contribution in [3.8, 4) is 0 Å². The number of hydrogen-bond acceptors (Lipinski definition) is 4. The van der Waals surface area contributed by atoms with Crippen molar-refractivity contribution in [2.75, 3.05) is 20.7 Å². The van der Waals surface area contributed by atoms with Crippen molar-refractivity contribution in [3.05, 3.63) is 98.2 Å². The summed E-state index contributed by atoms with van der Waals surface area (Å²) in [6.07, 6.45) is 3.05. The number of amides is 1. The van der Waals surface area contributed by atoms with Crippen molar-refractivity contribution in [2.24, 2.45) is 0 Å². The number of aromatic nitrogens is 2. The van der Waals surface area contributed by atoms with E-state index in [1.54, 1.807) is 25.3 Å². The van der Waals surface area contributed by atoms with Crippen molar-refractivity contribution in [1.82, 2.24) is 14.5 Å². The molecule has 3 rings (SSSR count). The molecule has 0 atom stereocenters. The Morgan fingerprint density at radius 3 is 2.66 bits per heavy atom. The van der Waals surface area contributed by atoms with Gasteiger partial charge in [0, 0.05) is 62.3 Å². The highest BCUT2D eigenvalue weighted by Gasteiger charge is 2.23. The number of hydrogen-bond donors (Lipinski definition) is 0. The monoisotopic (exact) mass is 453 g/mol. The molecule has 0 saturated heterocycles. The van der Waals surface area contributed by atoms with E-state index in [0.29, 0.717) is 36.6 Å². The summed E-state index contributed by atoms with van der Waals surface area (Å²) in [5, 5.41) is 0.682. The second-order valence-electron chi connectivity index (χ2n) is 7.73. The second-order valence-corrected chi connectivity index (χ2v) is 8.17. The highest BCUT2D eigenvalue weighted by molar-refractivity contribution is 6.30. The van der Waals surface area contributed by atoms with E-state index in [1.165, 1.54) is 6.07 Å². The third-order valence-electron chi connectivity index (χ3n) is 5.41. The van der Waals surface area contributed by atoms with Gasteiger partial charge in [0.2, 0.25) is 0 Å².